The normalized spacial score (nSPS) is 24.8. The molecule has 0 aliphatic carbocycles. The van der Waals surface area contributed by atoms with Crippen LogP contribution in [-0.4, -0.2) is 36.3 Å². The van der Waals surface area contributed by atoms with Gasteiger partial charge in [-0.1, -0.05) is 0 Å². The number of hydrogen-bond donors (Lipinski definition) is 1. The Bertz CT molecular complexity index is 207. The summed E-state index contributed by atoms with van der Waals surface area (Å²) in [5.74, 6) is -2.19. The maximum Gasteiger partial charge on any atom is 0.492 e. The molecule has 1 aliphatic heterocycles. The first-order valence-electron chi connectivity index (χ1n) is 3.69. The van der Waals surface area contributed by atoms with Crippen molar-refractivity contribution in [1.29, 1.82) is 0 Å². The molecule has 1 saturated heterocycles. The summed E-state index contributed by atoms with van der Waals surface area (Å²) in [6, 6.07) is -0.221. The van der Waals surface area contributed by atoms with E-state index < -0.39 is 12.1 Å². The van der Waals surface area contributed by atoms with Crippen LogP contribution in [0.4, 0.5) is 13.2 Å². The molecule has 1 unspecified atom stereocenters. The first kappa shape index (κ1) is 10.3. The summed E-state index contributed by atoms with van der Waals surface area (Å²) in [6.07, 6.45) is -4.40. The van der Waals surface area contributed by atoms with Crippen molar-refractivity contribution in [1.82, 2.24) is 5.06 Å². The zero-order valence-electron chi connectivity index (χ0n) is 6.67. The van der Waals surface area contributed by atoms with Crippen molar-refractivity contribution in [3.05, 3.63) is 0 Å². The van der Waals surface area contributed by atoms with Crippen molar-refractivity contribution in [2.75, 3.05) is 13.1 Å². The number of halogens is 3. The smallest absolute Gasteiger partial charge is 0.361 e. The number of hydrogen-bond acceptors (Lipinski definition) is 4. The maximum absolute atomic E-state index is 11.7. The highest BCUT2D eigenvalue weighted by molar-refractivity contribution is 5.75. The lowest BCUT2D eigenvalue weighted by molar-refractivity contribution is -0.234. The molecule has 0 aromatic rings. The third kappa shape index (κ3) is 2.85. The van der Waals surface area contributed by atoms with Crippen molar-refractivity contribution in [2.24, 2.45) is 5.73 Å². The molecule has 1 atom stereocenters. The number of alkyl halides is 3. The van der Waals surface area contributed by atoms with Crippen molar-refractivity contribution in [3.63, 3.8) is 0 Å². The molecule has 0 aromatic carbocycles. The quantitative estimate of drug-likeness (QED) is 0.646. The highest BCUT2D eigenvalue weighted by Gasteiger charge is 2.43. The maximum atomic E-state index is 11.7. The molecule has 13 heavy (non-hydrogen) atoms. The first-order valence-corrected chi connectivity index (χ1v) is 3.69. The second-order valence-corrected chi connectivity index (χ2v) is 2.81. The molecule has 1 rings (SSSR count). The largest absolute Gasteiger partial charge is 0.492 e. The van der Waals surface area contributed by atoms with Gasteiger partial charge in [-0.2, -0.15) is 13.2 Å². The minimum absolute atomic E-state index is 0.155. The Morgan fingerprint density at radius 3 is 2.54 bits per heavy atom. The van der Waals surface area contributed by atoms with Gasteiger partial charge in [0.15, 0.2) is 0 Å². The SMILES string of the molecule is NC1CCN(OC(=O)C(F)(F)F)C1. The van der Waals surface area contributed by atoms with Gasteiger partial charge in [0.2, 0.25) is 0 Å². The highest BCUT2D eigenvalue weighted by Crippen LogP contribution is 2.18. The van der Waals surface area contributed by atoms with Crippen LogP contribution in [0.15, 0.2) is 0 Å². The molecule has 0 bridgehead atoms. The van der Waals surface area contributed by atoms with Gasteiger partial charge >= 0.3 is 12.1 Å². The van der Waals surface area contributed by atoms with E-state index in [1.165, 1.54) is 0 Å². The van der Waals surface area contributed by atoms with E-state index in [0.29, 0.717) is 6.42 Å². The average Bonchev–Trinajstić information content (AvgIpc) is 2.33. The van der Waals surface area contributed by atoms with Crippen LogP contribution in [0, 0.1) is 0 Å². The molecular formula is C6H9F3N2O2. The molecule has 1 fully saturated rings. The van der Waals surface area contributed by atoms with E-state index >= 15 is 0 Å². The van der Waals surface area contributed by atoms with Gasteiger partial charge in [0, 0.05) is 12.6 Å². The zero-order valence-corrected chi connectivity index (χ0v) is 6.67. The number of rotatable bonds is 1. The highest BCUT2D eigenvalue weighted by atomic mass is 19.4. The van der Waals surface area contributed by atoms with E-state index in [0.717, 1.165) is 5.06 Å². The van der Waals surface area contributed by atoms with E-state index in [4.69, 9.17) is 5.73 Å². The Kier molecular flexibility index (Phi) is 2.77. The Labute approximate surface area is 72.4 Å². The van der Waals surface area contributed by atoms with E-state index in [9.17, 15) is 18.0 Å². The predicted molar refractivity (Wildman–Crippen MR) is 36.3 cm³/mol. The topological polar surface area (TPSA) is 55.6 Å². The van der Waals surface area contributed by atoms with Gasteiger partial charge in [0.25, 0.3) is 0 Å². The van der Waals surface area contributed by atoms with Gasteiger partial charge in [-0.05, 0) is 6.42 Å². The van der Waals surface area contributed by atoms with Crippen LogP contribution in [0.2, 0.25) is 0 Å². The van der Waals surface area contributed by atoms with Crippen molar-refractivity contribution >= 4 is 5.97 Å². The molecule has 2 N–H and O–H groups in total. The monoisotopic (exact) mass is 198 g/mol. The summed E-state index contributed by atoms with van der Waals surface area (Å²) >= 11 is 0. The zero-order chi connectivity index (χ0) is 10.1. The van der Waals surface area contributed by atoms with Gasteiger partial charge in [-0.3, -0.25) is 0 Å². The van der Waals surface area contributed by atoms with E-state index in [-0.39, 0.29) is 19.1 Å². The van der Waals surface area contributed by atoms with Crippen molar-refractivity contribution in [3.8, 4) is 0 Å². The molecular weight excluding hydrogens is 189 g/mol. The van der Waals surface area contributed by atoms with Gasteiger partial charge < -0.3 is 10.6 Å². The summed E-state index contributed by atoms with van der Waals surface area (Å²) in [5, 5.41) is 0.931. The summed E-state index contributed by atoms with van der Waals surface area (Å²) in [7, 11) is 0. The van der Waals surface area contributed by atoms with Crippen molar-refractivity contribution in [2.45, 2.75) is 18.6 Å². The second-order valence-electron chi connectivity index (χ2n) is 2.81. The van der Waals surface area contributed by atoms with Gasteiger partial charge in [0.05, 0.1) is 6.54 Å². The van der Waals surface area contributed by atoms with Crippen LogP contribution < -0.4 is 5.73 Å². The molecule has 0 spiro atoms. The molecule has 0 amide bonds. The molecule has 1 aliphatic rings. The van der Waals surface area contributed by atoms with Crippen molar-refractivity contribution < 1.29 is 22.8 Å². The van der Waals surface area contributed by atoms with E-state index in [1.54, 1.807) is 0 Å². The number of nitrogens with zero attached hydrogens (tertiary/aromatic N) is 1. The van der Waals surface area contributed by atoms with Gasteiger partial charge in [-0.15, -0.1) is 5.06 Å². The standard InChI is InChI=1S/C6H9F3N2O2/c7-6(8,9)5(12)13-11-2-1-4(10)3-11/h4H,1-3,10H2. The Morgan fingerprint density at radius 1 is 1.54 bits per heavy atom. The Hall–Kier alpha value is -0.820. The lowest BCUT2D eigenvalue weighted by atomic mass is 10.3. The number of carbonyl (C=O) groups is 1. The fourth-order valence-corrected chi connectivity index (χ4v) is 1.01. The van der Waals surface area contributed by atoms with Crippen LogP contribution in [0.3, 0.4) is 0 Å². The summed E-state index contributed by atoms with van der Waals surface area (Å²) in [4.78, 5) is 14.3. The Balaban J connectivity index is 2.37. The summed E-state index contributed by atoms with van der Waals surface area (Å²) in [6.45, 7) is 0.408. The number of nitrogens with two attached hydrogens (primary N) is 1. The average molecular weight is 198 g/mol. The molecule has 0 aromatic heterocycles. The van der Waals surface area contributed by atoms with Gasteiger partial charge in [-0.25, -0.2) is 4.79 Å². The molecule has 0 saturated carbocycles. The van der Waals surface area contributed by atoms with Crippen LogP contribution in [0.5, 0.6) is 0 Å². The molecule has 4 nitrogen and oxygen atoms in total. The summed E-state index contributed by atoms with van der Waals surface area (Å²) < 4.78 is 35.0. The van der Waals surface area contributed by atoms with Crippen LogP contribution in [0.25, 0.3) is 0 Å². The van der Waals surface area contributed by atoms with E-state index in [2.05, 4.69) is 4.84 Å². The lowest BCUT2D eigenvalue weighted by Crippen LogP contribution is -2.35. The fourth-order valence-electron chi connectivity index (χ4n) is 1.01. The first-order chi connectivity index (χ1) is 5.89. The second kappa shape index (κ2) is 3.51. The predicted octanol–water partition coefficient (Wildman–Crippen LogP) is 0.0399. The lowest BCUT2D eigenvalue weighted by Gasteiger charge is -2.15. The number of hydroxylamine groups is 2. The molecule has 7 heteroatoms. The molecule has 0 radical (unpaired) electrons. The minimum atomic E-state index is -4.94. The van der Waals surface area contributed by atoms with Crippen LogP contribution in [-0.2, 0) is 9.63 Å². The third-order valence-electron chi connectivity index (χ3n) is 1.63. The third-order valence-corrected chi connectivity index (χ3v) is 1.63. The minimum Gasteiger partial charge on any atom is -0.361 e. The Morgan fingerprint density at radius 2 is 2.15 bits per heavy atom. The number of carbonyl (C=O) groups excluding carboxylic acids is 1. The fraction of sp³-hybridized carbons (Fsp3) is 0.833. The van der Waals surface area contributed by atoms with Gasteiger partial charge in [0.1, 0.15) is 0 Å². The summed E-state index contributed by atoms with van der Waals surface area (Å²) in [5.41, 5.74) is 5.40. The van der Waals surface area contributed by atoms with Crippen LogP contribution in [0.1, 0.15) is 6.42 Å². The van der Waals surface area contributed by atoms with Crippen LogP contribution >= 0.6 is 0 Å². The van der Waals surface area contributed by atoms with E-state index in [1.807, 2.05) is 0 Å². The molecule has 76 valence electrons. The molecule has 1 heterocycles.